The molecule has 0 atom stereocenters. The highest BCUT2D eigenvalue weighted by Gasteiger charge is 2.16. The maximum atomic E-state index is 12.6. The van der Waals surface area contributed by atoms with Crippen molar-refractivity contribution in [1.29, 1.82) is 0 Å². The molecule has 8 heteroatoms. The summed E-state index contributed by atoms with van der Waals surface area (Å²) in [7, 11) is -1.90. The second-order valence-corrected chi connectivity index (χ2v) is 9.20. The van der Waals surface area contributed by atoms with Crippen LogP contribution in [0.25, 0.3) is 0 Å². The molecule has 27 heavy (non-hydrogen) atoms. The van der Waals surface area contributed by atoms with Gasteiger partial charge in [-0.2, -0.15) is 0 Å². The molecule has 0 aliphatic heterocycles. The molecule has 0 aliphatic carbocycles. The molecule has 2 aromatic carbocycles. The summed E-state index contributed by atoms with van der Waals surface area (Å²) >= 11 is 7.12. The summed E-state index contributed by atoms with van der Waals surface area (Å²) in [6.45, 7) is 0.423. The van der Waals surface area contributed by atoms with Crippen molar-refractivity contribution in [2.45, 2.75) is 10.8 Å². The Morgan fingerprint density at radius 2 is 1.85 bits per heavy atom. The molecule has 0 saturated heterocycles. The van der Waals surface area contributed by atoms with E-state index in [0.717, 1.165) is 16.9 Å². The van der Waals surface area contributed by atoms with Crippen LogP contribution in [0.4, 0.5) is 5.69 Å². The van der Waals surface area contributed by atoms with Gasteiger partial charge in [0.2, 0.25) is 0 Å². The molecule has 3 aromatic rings. The van der Waals surface area contributed by atoms with Crippen LogP contribution in [0, 0.1) is 0 Å². The van der Waals surface area contributed by atoms with E-state index in [4.69, 9.17) is 11.6 Å². The molecule has 1 heterocycles. The minimum atomic E-state index is -3.60. The van der Waals surface area contributed by atoms with Crippen LogP contribution in [0.3, 0.4) is 0 Å². The average Bonchev–Trinajstić information content (AvgIpc) is 3.17. The van der Waals surface area contributed by atoms with Gasteiger partial charge in [0, 0.05) is 29.9 Å². The van der Waals surface area contributed by atoms with Gasteiger partial charge in [0.25, 0.3) is 15.9 Å². The molecule has 3 rings (SSSR count). The normalized spacial score (nSPS) is 11.2. The number of hydrogen-bond acceptors (Lipinski definition) is 4. The summed E-state index contributed by atoms with van der Waals surface area (Å²) in [6, 6.07) is 16.9. The van der Waals surface area contributed by atoms with Gasteiger partial charge in [0.1, 0.15) is 4.21 Å². The number of halogens is 1. The van der Waals surface area contributed by atoms with Crippen molar-refractivity contribution < 1.29 is 13.2 Å². The standard InChI is InChI=1S/C19H17ClN2O3S2/c1-22(13-14-4-2-5-16(20)12-14)19(23)15-7-9-17(10-8-15)21-27(24,25)18-6-3-11-26-18/h2-12,21H,13H2,1H3. The molecule has 1 aromatic heterocycles. The highest BCUT2D eigenvalue weighted by atomic mass is 35.5. The van der Waals surface area contributed by atoms with E-state index in [9.17, 15) is 13.2 Å². The number of amides is 1. The molecule has 0 fully saturated rings. The summed E-state index contributed by atoms with van der Waals surface area (Å²) < 4.78 is 27.2. The van der Waals surface area contributed by atoms with Gasteiger partial charge in [-0.05, 0) is 53.4 Å². The van der Waals surface area contributed by atoms with Crippen LogP contribution in [-0.2, 0) is 16.6 Å². The van der Waals surface area contributed by atoms with Crippen LogP contribution in [-0.4, -0.2) is 26.3 Å². The molecular weight excluding hydrogens is 404 g/mol. The highest BCUT2D eigenvalue weighted by molar-refractivity contribution is 7.94. The Hall–Kier alpha value is -2.35. The van der Waals surface area contributed by atoms with E-state index < -0.39 is 10.0 Å². The SMILES string of the molecule is CN(Cc1cccc(Cl)c1)C(=O)c1ccc(NS(=O)(=O)c2cccs2)cc1. The summed E-state index contributed by atoms with van der Waals surface area (Å²) in [5.41, 5.74) is 1.80. The average molecular weight is 421 g/mol. The zero-order valence-electron chi connectivity index (χ0n) is 14.4. The molecule has 0 radical (unpaired) electrons. The first-order valence-corrected chi connectivity index (χ1v) is 10.8. The Balaban J connectivity index is 1.68. The first-order valence-electron chi connectivity index (χ1n) is 8.01. The van der Waals surface area contributed by atoms with E-state index in [1.165, 1.54) is 6.07 Å². The van der Waals surface area contributed by atoms with Crippen LogP contribution < -0.4 is 4.72 Å². The van der Waals surface area contributed by atoms with E-state index in [0.29, 0.717) is 22.8 Å². The van der Waals surface area contributed by atoms with Crippen LogP contribution >= 0.6 is 22.9 Å². The lowest BCUT2D eigenvalue weighted by Crippen LogP contribution is -2.26. The third-order valence-corrected chi connectivity index (χ3v) is 6.81. The summed E-state index contributed by atoms with van der Waals surface area (Å²) in [6.07, 6.45) is 0. The number of nitrogens with zero attached hydrogens (tertiary/aromatic N) is 1. The molecular formula is C19H17ClN2O3S2. The number of carbonyl (C=O) groups excluding carboxylic acids is 1. The summed E-state index contributed by atoms with van der Waals surface area (Å²) in [4.78, 5) is 14.2. The first kappa shape index (κ1) is 19.4. The summed E-state index contributed by atoms with van der Waals surface area (Å²) in [5, 5.41) is 2.32. The largest absolute Gasteiger partial charge is 0.337 e. The number of benzene rings is 2. The van der Waals surface area contributed by atoms with Crippen molar-refractivity contribution in [2.75, 3.05) is 11.8 Å². The van der Waals surface area contributed by atoms with Crippen molar-refractivity contribution in [3.05, 3.63) is 82.2 Å². The van der Waals surface area contributed by atoms with Gasteiger partial charge in [-0.15, -0.1) is 11.3 Å². The van der Waals surface area contributed by atoms with Crippen LogP contribution in [0.2, 0.25) is 5.02 Å². The van der Waals surface area contributed by atoms with Gasteiger partial charge in [-0.1, -0.05) is 29.8 Å². The van der Waals surface area contributed by atoms with Crippen LogP contribution in [0.15, 0.2) is 70.3 Å². The Labute approximate surface area is 167 Å². The first-order chi connectivity index (χ1) is 12.8. The van der Waals surface area contributed by atoms with Gasteiger partial charge in [0.15, 0.2) is 0 Å². The van der Waals surface area contributed by atoms with Crippen molar-refractivity contribution in [3.8, 4) is 0 Å². The predicted octanol–water partition coefficient (Wildman–Crippen LogP) is 4.47. The van der Waals surface area contributed by atoms with Crippen LogP contribution in [0.5, 0.6) is 0 Å². The zero-order valence-corrected chi connectivity index (χ0v) is 16.8. The topological polar surface area (TPSA) is 66.5 Å². The fourth-order valence-electron chi connectivity index (χ4n) is 2.50. The number of carbonyl (C=O) groups is 1. The smallest absolute Gasteiger partial charge is 0.271 e. The molecule has 140 valence electrons. The molecule has 0 unspecified atom stereocenters. The van der Waals surface area contributed by atoms with Gasteiger partial charge < -0.3 is 4.90 Å². The molecule has 5 nitrogen and oxygen atoms in total. The second kappa shape index (κ2) is 8.12. The molecule has 1 amide bonds. The number of rotatable bonds is 6. The lowest BCUT2D eigenvalue weighted by atomic mass is 10.1. The van der Waals surface area contributed by atoms with E-state index >= 15 is 0 Å². The Morgan fingerprint density at radius 3 is 2.48 bits per heavy atom. The number of hydrogen-bond donors (Lipinski definition) is 1. The maximum absolute atomic E-state index is 12.6. The second-order valence-electron chi connectivity index (χ2n) is 5.91. The quantitative estimate of drug-likeness (QED) is 0.639. The Kier molecular flexibility index (Phi) is 5.84. The predicted molar refractivity (Wildman–Crippen MR) is 109 cm³/mol. The maximum Gasteiger partial charge on any atom is 0.271 e. The minimum Gasteiger partial charge on any atom is -0.337 e. The highest BCUT2D eigenvalue weighted by Crippen LogP contribution is 2.21. The molecule has 0 spiro atoms. The van der Waals surface area contributed by atoms with Crippen molar-refractivity contribution in [3.63, 3.8) is 0 Å². The fourth-order valence-corrected chi connectivity index (χ4v) is 4.77. The van der Waals surface area contributed by atoms with Gasteiger partial charge in [-0.25, -0.2) is 8.42 Å². The third kappa shape index (κ3) is 4.88. The van der Waals surface area contributed by atoms with E-state index in [2.05, 4.69) is 4.72 Å². The van der Waals surface area contributed by atoms with Crippen LogP contribution in [0.1, 0.15) is 15.9 Å². The number of nitrogens with one attached hydrogen (secondary N) is 1. The molecule has 0 bridgehead atoms. The lowest BCUT2D eigenvalue weighted by Gasteiger charge is -2.18. The van der Waals surface area contributed by atoms with E-state index in [1.54, 1.807) is 53.7 Å². The third-order valence-electron chi connectivity index (χ3n) is 3.80. The van der Waals surface area contributed by atoms with Gasteiger partial charge in [0.05, 0.1) is 0 Å². The van der Waals surface area contributed by atoms with Gasteiger partial charge >= 0.3 is 0 Å². The number of thiophene rings is 1. The monoisotopic (exact) mass is 420 g/mol. The molecule has 1 N–H and O–H groups in total. The van der Waals surface area contributed by atoms with Gasteiger partial charge in [-0.3, -0.25) is 9.52 Å². The Bertz CT molecular complexity index is 1030. The number of sulfonamides is 1. The van der Waals surface area contributed by atoms with Crippen molar-refractivity contribution in [1.82, 2.24) is 4.90 Å². The minimum absolute atomic E-state index is 0.164. The number of anilines is 1. The van der Waals surface area contributed by atoms with E-state index in [1.807, 2.05) is 18.2 Å². The zero-order chi connectivity index (χ0) is 19.4. The Morgan fingerprint density at radius 1 is 1.11 bits per heavy atom. The molecule has 0 saturated carbocycles. The van der Waals surface area contributed by atoms with Crippen molar-refractivity contribution >= 4 is 44.6 Å². The lowest BCUT2D eigenvalue weighted by molar-refractivity contribution is 0.0785. The van der Waals surface area contributed by atoms with Crippen molar-refractivity contribution in [2.24, 2.45) is 0 Å². The van der Waals surface area contributed by atoms with E-state index in [-0.39, 0.29) is 10.1 Å². The summed E-state index contributed by atoms with van der Waals surface area (Å²) in [5.74, 6) is -0.164. The fraction of sp³-hybridized carbons (Fsp3) is 0.105. The molecule has 0 aliphatic rings.